The van der Waals surface area contributed by atoms with Crippen LogP contribution < -0.4 is 11.1 Å². The van der Waals surface area contributed by atoms with Crippen molar-refractivity contribution in [1.82, 2.24) is 9.88 Å². The van der Waals surface area contributed by atoms with Crippen LogP contribution in [0.4, 0.5) is 15.6 Å². The first-order chi connectivity index (χ1) is 9.72. The van der Waals surface area contributed by atoms with Crippen molar-refractivity contribution in [3.05, 3.63) is 29.6 Å². The lowest BCUT2D eigenvalue weighted by Crippen LogP contribution is -2.32. The van der Waals surface area contributed by atoms with E-state index in [2.05, 4.69) is 10.3 Å². The molecular weight excluding hydrogens is 272 g/mol. The maximum Gasteiger partial charge on any atom is 0.323 e. The molecule has 2 heterocycles. The van der Waals surface area contributed by atoms with E-state index in [0.717, 1.165) is 42.9 Å². The van der Waals surface area contributed by atoms with Crippen LogP contribution in [0, 0.1) is 0 Å². The van der Waals surface area contributed by atoms with Gasteiger partial charge >= 0.3 is 6.03 Å². The third-order valence-corrected chi connectivity index (χ3v) is 4.08. The Morgan fingerprint density at radius 2 is 1.95 bits per heavy atom. The molecule has 0 unspecified atom stereocenters. The van der Waals surface area contributed by atoms with E-state index in [-0.39, 0.29) is 6.03 Å². The van der Waals surface area contributed by atoms with Gasteiger partial charge in [-0.15, -0.1) is 11.3 Å². The monoisotopic (exact) mass is 288 g/mol. The fourth-order valence-electron chi connectivity index (χ4n) is 2.21. The number of nitrogens with one attached hydrogen (secondary N) is 1. The molecule has 5 nitrogen and oxygen atoms in total. The van der Waals surface area contributed by atoms with Gasteiger partial charge in [0, 0.05) is 29.7 Å². The highest BCUT2D eigenvalue weighted by Crippen LogP contribution is 2.25. The van der Waals surface area contributed by atoms with Gasteiger partial charge in [-0.3, -0.25) is 5.32 Å². The SMILES string of the molecule is Nc1ccc(-c2csc(NC(=O)N3CCCC3)n2)cc1. The second-order valence-electron chi connectivity index (χ2n) is 4.78. The lowest BCUT2D eigenvalue weighted by Gasteiger charge is -2.14. The van der Waals surface area contributed by atoms with Crippen molar-refractivity contribution < 1.29 is 4.79 Å². The number of rotatable bonds is 2. The van der Waals surface area contributed by atoms with E-state index < -0.39 is 0 Å². The molecule has 1 fully saturated rings. The first-order valence-corrected chi connectivity index (χ1v) is 7.48. The molecule has 0 bridgehead atoms. The zero-order valence-electron chi connectivity index (χ0n) is 11.0. The molecule has 1 aromatic heterocycles. The molecule has 1 saturated heterocycles. The molecule has 1 aromatic carbocycles. The van der Waals surface area contributed by atoms with Gasteiger partial charge in [0.2, 0.25) is 0 Å². The molecule has 3 N–H and O–H groups in total. The van der Waals surface area contributed by atoms with Crippen LogP contribution in [0.3, 0.4) is 0 Å². The Morgan fingerprint density at radius 1 is 1.25 bits per heavy atom. The van der Waals surface area contributed by atoms with Crippen molar-refractivity contribution in [2.24, 2.45) is 0 Å². The van der Waals surface area contributed by atoms with Gasteiger partial charge in [0.25, 0.3) is 0 Å². The predicted octanol–water partition coefficient (Wildman–Crippen LogP) is 3.02. The number of hydrogen-bond donors (Lipinski definition) is 2. The molecule has 0 spiro atoms. The number of thiazole rings is 1. The Hall–Kier alpha value is -2.08. The number of likely N-dealkylation sites (tertiary alicyclic amines) is 1. The van der Waals surface area contributed by atoms with Crippen LogP contribution >= 0.6 is 11.3 Å². The Morgan fingerprint density at radius 3 is 2.65 bits per heavy atom. The molecule has 1 aliphatic heterocycles. The van der Waals surface area contributed by atoms with Crippen LogP contribution in [0.5, 0.6) is 0 Å². The summed E-state index contributed by atoms with van der Waals surface area (Å²) in [5.74, 6) is 0. The molecule has 104 valence electrons. The number of carbonyl (C=O) groups excluding carboxylic acids is 1. The van der Waals surface area contributed by atoms with E-state index in [4.69, 9.17) is 5.73 Å². The molecule has 0 atom stereocenters. The van der Waals surface area contributed by atoms with Crippen molar-refractivity contribution in [2.75, 3.05) is 24.1 Å². The quantitative estimate of drug-likeness (QED) is 0.834. The highest BCUT2D eigenvalue weighted by atomic mass is 32.1. The predicted molar refractivity (Wildman–Crippen MR) is 81.8 cm³/mol. The van der Waals surface area contributed by atoms with Crippen molar-refractivity contribution in [2.45, 2.75) is 12.8 Å². The number of urea groups is 1. The summed E-state index contributed by atoms with van der Waals surface area (Å²) in [5.41, 5.74) is 8.24. The fourth-order valence-corrected chi connectivity index (χ4v) is 2.92. The second kappa shape index (κ2) is 5.50. The van der Waals surface area contributed by atoms with E-state index in [1.54, 1.807) is 0 Å². The van der Waals surface area contributed by atoms with E-state index >= 15 is 0 Å². The number of nitrogens with zero attached hydrogens (tertiary/aromatic N) is 2. The summed E-state index contributed by atoms with van der Waals surface area (Å²) in [6, 6.07) is 7.49. The van der Waals surface area contributed by atoms with Crippen molar-refractivity contribution in [3.8, 4) is 11.3 Å². The largest absolute Gasteiger partial charge is 0.399 e. The lowest BCUT2D eigenvalue weighted by molar-refractivity contribution is 0.222. The Bertz CT molecular complexity index is 602. The average Bonchev–Trinajstić information content (AvgIpc) is 3.10. The number of anilines is 2. The molecule has 0 radical (unpaired) electrons. The minimum Gasteiger partial charge on any atom is -0.399 e. The molecule has 2 amide bonds. The van der Waals surface area contributed by atoms with Gasteiger partial charge in [-0.1, -0.05) is 12.1 Å². The first-order valence-electron chi connectivity index (χ1n) is 6.60. The fraction of sp³-hybridized carbons (Fsp3) is 0.286. The van der Waals surface area contributed by atoms with Gasteiger partial charge < -0.3 is 10.6 Å². The number of nitrogen functional groups attached to an aromatic ring is 1. The number of nitrogens with two attached hydrogens (primary N) is 1. The third-order valence-electron chi connectivity index (χ3n) is 3.32. The molecule has 2 aromatic rings. The number of carbonyl (C=O) groups is 1. The normalized spacial score (nSPS) is 14.5. The summed E-state index contributed by atoms with van der Waals surface area (Å²) >= 11 is 1.43. The van der Waals surface area contributed by atoms with Gasteiger partial charge in [0.05, 0.1) is 5.69 Å². The molecule has 0 saturated carbocycles. The molecular formula is C14H16N4OS. The van der Waals surface area contributed by atoms with Crippen LogP contribution in [-0.2, 0) is 0 Å². The topological polar surface area (TPSA) is 71.2 Å². The smallest absolute Gasteiger partial charge is 0.323 e. The third kappa shape index (κ3) is 2.75. The van der Waals surface area contributed by atoms with Crippen LogP contribution in [0.25, 0.3) is 11.3 Å². The molecule has 6 heteroatoms. The van der Waals surface area contributed by atoms with Gasteiger partial charge in [0.1, 0.15) is 0 Å². The van der Waals surface area contributed by atoms with Crippen molar-refractivity contribution in [1.29, 1.82) is 0 Å². The first kappa shape index (κ1) is 12.9. The highest BCUT2D eigenvalue weighted by Gasteiger charge is 2.18. The van der Waals surface area contributed by atoms with E-state index in [1.807, 2.05) is 34.5 Å². The summed E-state index contributed by atoms with van der Waals surface area (Å²) in [6.07, 6.45) is 2.17. The van der Waals surface area contributed by atoms with Crippen LogP contribution in [0.15, 0.2) is 29.6 Å². The maximum absolute atomic E-state index is 12.0. The molecule has 20 heavy (non-hydrogen) atoms. The zero-order chi connectivity index (χ0) is 13.9. The summed E-state index contributed by atoms with van der Waals surface area (Å²) < 4.78 is 0. The summed E-state index contributed by atoms with van der Waals surface area (Å²) in [6.45, 7) is 1.67. The number of aromatic nitrogens is 1. The number of hydrogen-bond acceptors (Lipinski definition) is 4. The highest BCUT2D eigenvalue weighted by molar-refractivity contribution is 7.14. The van der Waals surface area contributed by atoms with Crippen LogP contribution in [0.2, 0.25) is 0 Å². The number of amides is 2. The van der Waals surface area contributed by atoms with Gasteiger partial charge in [-0.2, -0.15) is 0 Å². The number of benzene rings is 1. The van der Waals surface area contributed by atoms with Gasteiger partial charge in [0.15, 0.2) is 5.13 Å². The molecule has 1 aliphatic rings. The maximum atomic E-state index is 12.0. The molecule has 3 rings (SSSR count). The van der Waals surface area contributed by atoms with E-state index in [0.29, 0.717) is 5.13 Å². The summed E-state index contributed by atoms with van der Waals surface area (Å²) in [7, 11) is 0. The minimum absolute atomic E-state index is 0.0549. The Balaban J connectivity index is 1.70. The summed E-state index contributed by atoms with van der Waals surface area (Å²) in [4.78, 5) is 18.2. The van der Waals surface area contributed by atoms with E-state index in [9.17, 15) is 4.79 Å². The Kier molecular flexibility index (Phi) is 3.56. The van der Waals surface area contributed by atoms with Crippen molar-refractivity contribution >= 4 is 28.2 Å². The zero-order valence-corrected chi connectivity index (χ0v) is 11.8. The van der Waals surface area contributed by atoms with Crippen molar-refractivity contribution in [3.63, 3.8) is 0 Å². The summed E-state index contributed by atoms with van der Waals surface area (Å²) in [5, 5.41) is 5.42. The second-order valence-corrected chi connectivity index (χ2v) is 5.64. The van der Waals surface area contributed by atoms with Crippen LogP contribution in [0.1, 0.15) is 12.8 Å². The lowest BCUT2D eigenvalue weighted by atomic mass is 10.1. The minimum atomic E-state index is -0.0549. The van der Waals surface area contributed by atoms with E-state index in [1.165, 1.54) is 11.3 Å². The average molecular weight is 288 g/mol. The van der Waals surface area contributed by atoms with Crippen LogP contribution in [-0.4, -0.2) is 29.0 Å². The Labute approximate surface area is 121 Å². The molecule has 0 aliphatic carbocycles. The van der Waals surface area contributed by atoms with Gasteiger partial charge in [-0.25, -0.2) is 9.78 Å². The van der Waals surface area contributed by atoms with Gasteiger partial charge in [-0.05, 0) is 25.0 Å². The standard InChI is InChI=1S/C14H16N4OS/c15-11-5-3-10(4-6-11)12-9-20-13(16-12)17-14(19)18-7-1-2-8-18/h3-6,9H,1-2,7-8,15H2,(H,16,17,19).